The summed E-state index contributed by atoms with van der Waals surface area (Å²) in [7, 11) is 0. The average Bonchev–Trinajstić information content (AvgIpc) is 3.03. The van der Waals surface area contributed by atoms with Crippen molar-refractivity contribution in [3.63, 3.8) is 0 Å². The smallest absolute Gasteiger partial charge is 0.266 e. The second kappa shape index (κ2) is 10.3. The van der Waals surface area contributed by atoms with Gasteiger partial charge < -0.3 is 15.5 Å². The van der Waals surface area contributed by atoms with Crippen molar-refractivity contribution < 1.29 is 9.59 Å². The summed E-state index contributed by atoms with van der Waals surface area (Å²) in [4.78, 5) is 26.0. The molecule has 154 valence electrons. The van der Waals surface area contributed by atoms with Gasteiger partial charge >= 0.3 is 0 Å². The van der Waals surface area contributed by atoms with E-state index >= 15 is 0 Å². The van der Waals surface area contributed by atoms with E-state index in [0.717, 1.165) is 18.7 Å². The van der Waals surface area contributed by atoms with Crippen LogP contribution in [0, 0.1) is 11.3 Å². The quantitative estimate of drug-likeness (QED) is 0.567. The van der Waals surface area contributed by atoms with Gasteiger partial charge in [-0.3, -0.25) is 9.59 Å². The standard InChI is InChI=1S/C24H26N4O2/c1-18(29)26-21-8-10-22(11-9-21)27-24(30)20(17-25)16-19-6-12-23(13-7-19)28-14-4-2-3-5-15-28/h6-13,16H,2-5,14-15H2,1H3,(H,26,29)(H,27,30)/b20-16+. The lowest BCUT2D eigenvalue weighted by atomic mass is 10.1. The molecule has 30 heavy (non-hydrogen) atoms. The summed E-state index contributed by atoms with van der Waals surface area (Å²) in [5.41, 5.74) is 3.20. The molecule has 0 aliphatic carbocycles. The Kier molecular flexibility index (Phi) is 7.23. The van der Waals surface area contributed by atoms with Crippen LogP contribution in [0.1, 0.15) is 38.2 Å². The lowest BCUT2D eigenvalue weighted by Crippen LogP contribution is -2.23. The highest BCUT2D eigenvalue weighted by Gasteiger charge is 2.12. The van der Waals surface area contributed by atoms with Crippen LogP contribution in [0.15, 0.2) is 54.1 Å². The summed E-state index contributed by atoms with van der Waals surface area (Å²) in [6, 6.07) is 16.7. The summed E-state index contributed by atoms with van der Waals surface area (Å²) in [6.07, 6.45) is 6.59. The van der Waals surface area contributed by atoms with Gasteiger partial charge in [-0.2, -0.15) is 5.26 Å². The van der Waals surface area contributed by atoms with Crippen molar-refractivity contribution in [2.24, 2.45) is 0 Å². The summed E-state index contributed by atoms with van der Waals surface area (Å²) >= 11 is 0. The minimum Gasteiger partial charge on any atom is -0.372 e. The molecule has 1 aliphatic heterocycles. The molecular formula is C24H26N4O2. The molecule has 0 radical (unpaired) electrons. The number of amides is 2. The van der Waals surface area contributed by atoms with Crippen LogP contribution < -0.4 is 15.5 Å². The molecule has 6 nitrogen and oxygen atoms in total. The second-order valence-electron chi connectivity index (χ2n) is 7.38. The number of hydrogen-bond donors (Lipinski definition) is 2. The van der Waals surface area contributed by atoms with Gasteiger partial charge in [0, 0.05) is 37.1 Å². The van der Waals surface area contributed by atoms with Gasteiger partial charge in [-0.1, -0.05) is 25.0 Å². The predicted octanol–water partition coefficient (Wildman–Crippen LogP) is 4.57. The molecule has 3 rings (SSSR count). The fourth-order valence-electron chi connectivity index (χ4n) is 3.46. The fraction of sp³-hybridized carbons (Fsp3) is 0.292. The SMILES string of the molecule is CC(=O)Nc1ccc(NC(=O)/C(C#N)=C/c2ccc(N3CCCCCC3)cc2)cc1. The number of nitrogens with zero attached hydrogens (tertiary/aromatic N) is 2. The predicted molar refractivity (Wildman–Crippen MR) is 120 cm³/mol. The number of carbonyl (C=O) groups excluding carboxylic acids is 2. The number of benzene rings is 2. The average molecular weight is 402 g/mol. The Bertz CT molecular complexity index is 948. The molecule has 2 N–H and O–H groups in total. The molecule has 0 spiro atoms. The van der Waals surface area contributed by atoms with E-state index in [1.54, 1.807) is 30.3 Å². The van der Waals surface area contributed by atoms with Gasteiger partial charge in [0.2, 0.25) is 5.91 Å². The van der Waals surface area contributed by atoms with Gasteiger partial charge in [-0.15, -0.1) is 0 Å². The molecule has 0 aromatic heterocycles. The van der Waals surface area contributed by atoms with E-state index in [2.05, 4.69) is 15.5 Å². The van der Waals surface area contributed by atoms with Crippen molar-refractivity contribution >= 4 is 35.0 Å². The maximum atomic E-state index is 12.5. The first-order valence-electron chi connectivity index (χ1n) is 10.2. The number of anilines is 3. The Morgan fingerprint density at radius 2 is 1.47 bits per heavy atom. The molecule has 1 heterocycles. The largest absolute Gasteiger partial charge is 0.372 e. The topological polar surface area (TPSA) is 85.2 Å². The van der Waals surface area contributed by atoms with E-state index in [4.69, 9.17) is 0 Å². The molecule has 1 saturated heterocycles. The van der Waals surface area contributed by atoms with Crippen molar-refractivity contribution in [3.05, 3.63) is 59.7 Å². The van der Waals surface area contributed by atoms with Crippen LogP contribution in [0.5, 0.6) is 0 Å². The van der Waals surface area contributed by atoms with Gasteiger partial charge in [0.15, 0.2) is 0 Å². The van der Waals surface area contributed by atoms with Crippen LogP contribution >= 0.6 is 0 Å². The number of rotatable bonds is 5. The summed E-state index contributed by atoms with van der Waals surface area (Å²) < 4.78 is 0. The normalized spacial score (nSPS) is 14.4. The Balaban J connectivity index is 1.66. The monoisotopic (exact) mass is 402 g/mol. The van der Waals surface area contributed by atoms with E-state index in [1.165, 1.54) is 38.3 Å². The van der Waals surface area contributed by atoms with Gasteiger partial charge in [0.25, 0.3) is 5.91 Å². The van der Waals surface area contributed by atoms with Crippen LogP contribution in [0.3, 0.4) is 0 Å². The third kappa shape index (κ3) is 5.95. The zero-order valence-corrected chi connectivity index (χ0v) is 17.1. The maximum absolute atomic E-state index is 12.5. The van der Waals surface area contributed by atoms with E-state index in [9.17, 15) is 14.9 Å². The van der Waals surface area contributed by atoms with Crippen LogP contribution in [-0.2, 0) is 9.59 Å². The van der Waals surface area contributed by atoms with Gasteiger partial charge in [-0.05, 0) is 60.9 Å². The van der Waals surface area contributed by atoms with Crippen molar-refractivity contribution in [1.82, 2.24) is 0 Å². The number of nitrogens with one attached hydrogen (secondary N) is 2. The van der Waals surface area contributed by atoms with Crippen molar-refractivity contribution in [1.29, 1.82) is 5.26 Å². The molecule has 2 aromatic rings. The Morgan fingerprint density at radius 3 is 2.00 bits per heavy atom. The second-order valence-corrected chi connectivity index (χ2v) is 7.38. The highest BCUT2D eigenvalue weighted by Crippen LogP contribution is 2.21. The Hall–Kier alpha value is -3.59. The first kappa shape index (κ1) is 21.1. The zero-order chi connectivity index (χ0) is 21.3. The van der Waals surface area contributed by atoms with E-state index < -0.39 is 5.91 Å². The Morgan fingerprint density at radius 1 is 0.900 bits per heavy atom. The minimum absolute atomic E-state index is 0.0310. The lowest BCUT2D eigenvalue weighted by molar-refractivity contribution is -0.114. The maximum Gasteiger partial charge on any atom is 0.266 e. The summed E-state index contributed by atoms with van der Waals surface area (Å²) in [5, 5.41) is 14.8. The van der Waals surface area contributed by atoms with Crippen molar-refractivity contribution in [2.75, 3.05) is 28.6 Å². The fourth-order valence-corrected chi connectivity index (χ4v) is 3.46. The highest BCUT2D eigenvalue weighted by atomic mass is 16.2. The first-order chi connectivity index (χ1) is 14.5. The molecule has 6 heteroatoms. The van der Waals surface area contributed by atoms with Gasteiger partial charge in [-0.25, -0.2) is 0 Å². The van der Waals surface area contributed by atoms with E-state index in [0.29, 0.717) is 11.4 Å². The molecule has 0 bridgehead atoms. The number of nitriles is 1. The van der Waals surface area contributed by atoms with Crippen molar-refractivity contribution in [3.8, 4) is 6.07 Å². The van der Waals surface area contributed by atoms with Crippen LogP contribution in [0.2, 0.25) is 0 Å². The molecule has 0 unspecified atom stereocenters. The first-order valence-corrected chi connectivity index (χ1v) is 10.2. The minimum atomic E-state index is -0.471. The third-order valence-corrected chi connectivity index (χ3v) is 5.00. The lowest BCUT2D eigenvalue weighted by Gasteiger charge is -2.22. The van der Waals surface area contributed by atoms with Gasteiger partial charge in [0.05, 0.1) is 0 Å². The molecule has 2 amide bonds. The highest BCUT2D eigenvalue weighted by molar-refractivity contribution is 6.09. The third-order valence-electron chi connectivity index (χ3n) is 5.00. The summed E-state index contributed by atoms with van der Waals surface area (Å²) in [6.45, 7) is 3.57. The summed E-state index contributed by atoms with van der Waals surface area (Å²) in [5.74, 6) is -0.635. The van der Waals surface area contributed by atoms with Crippen LogP contribution in [0.25, 0.3) is 6.08 Å². The number of hydrogen-bond acceptors (Lipinski definition) is 4. The molecule has 2 aromatic carbocycles. The van der Waals surface area contributed by atoms with Crippen LogP contribution in [0.4, 0.5) is 17.1 Å². The molecule has 0 saturated carbocycles. The molecule has 1 aliphatic rings. The van der Waals surface area contributed by atoms with E-state index in [-0.39, 0.29) is 11.5 Å². The molecular weight excluding hydrogens is 376 g/mol. The zero-order valence-electron chi connectivity index (χ0n) is 17.1. The number of carbonyl (C=O) groups is 2. The van der Waals surface area contributed by atoms with Crippen molar-refractivity contribution in [2.45, 2.75) is 32.6 Å². The molecule has 0 atom stereocenters. The molecule has 1 fully saturated rings. The van der Waals surface area contributed by atoms with E-state index in [1.807, 2.05) is 30.3 Å². The Labute approximate surface area is 177 Å². The van der Waals surface area contributed by atoms with Crippen LogP contribution in [-0.4, -0.2) is 24.9 Å². The van der Waals surface area contributed by atoms with Gasteiger partial charge in [0.1, 0.15) is 11.6 Å².